The third-order valence-corrected chi connectivity index (χ3v) is 13.2. The van der Waals surface area contributed by atoms with E-state index in [0.717, 1.165) is 55.5 Å². The number of aromatic amines is 4. The molecule has 0 atom stereocenters. The summed E-state index contributed by atoms with van der Waals surface area (Å²) in [5.41, 5.74) is 8.75. The molecule has 0 fully saturated rings. The van der Waals surface area contributed by atoms with Crippen LogP contribution >= 0.6 is 0 Å². The molecule has 83 heavy (non-hydrogen) atoms. The highest BCUT2D eigenvalue weighted by Crippen LogP contribution is 2.31. The lowest BCUT2D eigenvalue weighted by molar-refractivity contribution is 0.0705. The van der Waals surface area contributed by atoms with Gasteiger partial charge < -0.3 is 55.4 Å². The minimum atomic E-state index is -0.466. The summed E-state index contributed by atoms with van der Waals surface area (Å²) in [5, 5.41) is 34.6. The number of aliphatic hydroxyl groups excluding tert-OH is 1. The van der Waals surface area contributed by atoms with Crippen molar-refractivity contribution in [3.8, 4) is 39.9 Å². The highest BCUT2D eigenvalue weighted by molar-refractivity contribution is 6.09. The predicted molar refractivity (Wildman–Crippen MR) is 325 cm³/mol. The summed E-state index contributed by atoms with van der Waals surface area (Å²) in [7, 11) is 0. The van der Waals surface area contributed by atoms with E-state index in [1.165, 1.54) is 12.1 Å². The number of anilines is 2. The summed E-state index contributed by atoms with van der Waals surface area (Å²) in [4.78, 5) is 79.8. The maximum Gasteiger partial charge on any atom is 0.272 e. The van der Waals surface area contributed by atoms with E-state index >= 15 is 0 Å². The number of carbonyl (C=O) groups is 5. The number of carbonyl (C=O) groups excluding carboxylic acids is 5. The van der Waals surface area contributed by atoms with E-state index in [-0.39, 0.29) is 53.9 Å². The van der Waals surface area contributed by atoms with Crippen molar-refractivity contribution in [3.63, 3.8) is 0 Å². The van der Waals surface area contributed by atoms with Crippen LogP contribution in [0.5, 0.6) is 17.2 Å². The van der Waals surface area contributed by atoms with E-state index in [4.69, 9.17) is 14.6 Å². The van der Waals surface area contributed by atoms with Crippen molar-refractivity contribution in [2.24, 2.45) is 16.2 Å². The van der Waals surface area contributed by atoms with Gasteiger partial charge in [0.1, 0.15) is 35.2 Å². The number of hydrogen-bond donors (Lipinski definition) is 9. The summed E-state index contributed by atoms with van der Waals surface area (Å²) >= 11 is 0. The standard InChI is InChI=1S/C24H28N2O5.C22H21N3O2.C20H20N2O3/c1-24(2,3)22(28)16-4-9-20-17(14-16)15-21(26-20)23(29)25-18-5-7-19(8-6-18)31-13-12-30-11-10-27;1-22(2,3)20(27)14-6-9-17-18(10-14)25-21(24-17)19-11-15(12-23-19)13-4-7-16(26)8-5-13;1-20(2,3)18(24)12-4-9-16-13(10-12)11-17(22-16)19(25)21-14-5-7-15(23)8-6-14/h4-9,14-15,26-27H,10-13H2,1-3H3,(H,25,29);4-12,23,26H,1-3H3,(H,24,25);4-11,22-23H,1-3H3,(H,21,25). The highest BCUT2D eigenvalue weighted by atomic mass is 16.5. The molecule has 0 saturated carbocycles. The largest absolute Gasteiger partial charge is 0.508 e. The predicted octanol–water partition coefficient (Wildman–Crippen LogP) is 13.6. The molecule has 17 heteroatoms. The highest BCUT2D eigenvalue weighted by Gasteiger charge is 2.26. The molecule has 0 aliphatic rings. The van der Waals surface area contributed by atoms with Gasteiger partial charge in [-0.3, -0.25) is 24.0 Å². The summed E-state index contributed by atoms with van der Waals surface area (Å²) in [6, 6.07) is 42.2. The fourth-order valence-corrected chi connectivity index (χ4v) is 8.68. The van der Waals surface area contributed by atoms with Crippen molar-refractivity contribution >= 4 is 73.4 Å². The molecule has 9 N–H and O–H groups in total. The van der Waals surface area contributed by atoms with Crippen molar-refractivity contribution in [2.75, 3.05) is 37.1 Å². The molecule has 0 radical (unpaired) electrons. The molecule has 428 valence electrons. The molecule has 0 saturated heterocycles. The van der Waals surface area contributed by atoms with Gasteiger partial charge in [0, 0.05) is 72.3 Å². The van der Waals surface area contributed by atoms with Gasteiger partial charge in [0.2, 0.25) is 0 Å². The summed E-state index contributed by atoms with van der Waals surface area (Å²) in [6.45, 7) is 18.1. The summed E-state index contributed by atoms with van der Waals surface area (Å²) in [6.07, 6.45) is 1.91. The summed E-state index contributed by atoms with van der Waals surface area (Å²) in [5.74, 6) is 1.43. The lowest BCUT2D eigenvalue weighted by atomic mass is 9.86. The van der Waals surface area contributed by atoms with Crippen molar-refractivity contribution in [1.29, 1.82) is 0 Å². The van der Waals surface area contributed by atoms with Crippen LogP contribution in [0.4, 0.5) is 11.4 Å². The van der Waals surface area contributed by atoms with Crippen LogP contribution in [0.1, 0.15) is 114 Å². The van der Waals surface area contributed by atoms with Gasteiger partial charge >= 0.3 is 0 Å². The van der Waals surface area contributed by atoms with Crippen LogP contribution in [-0.4, -0.2) is 95.8 Å². The number of aliphatic hydroxyl groups is 1. The number of hydrogen-bond acceptors (Lipinski definition) is 11. The number of imidazole rings is 1. The maximum atomic E-state index is 12.6. The van der Waals surface area contributed by atoms with Gasteiger partial charge in [-0.2, -0.15) is 0 Å². The van der Waals surface area contributed by atoms with Crippen LogP contribution in [0.15, 0.2) is 152 Å². The zero-order valence-electron chi connectivity index (χ0n) is 47.9. The number of fused-ring (bicyclic) bond motifs is 3. The molecule has 0 unspecified atom stereocenters. The number of Topliss-reactive ketones (excluding diaryl/α,β-unsaturated/α-hetero) is 3. The summed E-state index contributed by atoms with van der Waals surface area (Å²) < 4.78 is 10.7. The zero-order valence-corrected chi connectivity index (χ0v) is 47.9. The number of H-pyrrole nitrogens is 4. The average Bonchev–Trinajstić information content (AvgIpc) is 3.89. The zero-order chi connectivity index (χ0) is 59.8. The normalized spacial score (nSPS) is 11.6. The molecule has 0 aliphatic heterocycles. The van der Waals surface area contributed by atoms with Gasteiger partial charge in [-0.05, 0) is 145 Å². The first kappa shape index (κ1) is 59.5. The fourth-order valence-electron chi connectivity index (χ4n) is 8.68. The second-order valence-electron chi connectivity index (χ2n) is 23.0. The van der Waals surface area contributed by atoms with E-state index in [2.05, 4.69) is 35.6 Å². The Labute approximate surface area is 480 Å². The van der Waals surface area contributed by atoms with Crippen LogP contribution in [0.3, 0.4) is 0 Å². The van der Waals surface area contributed by atoms with Gasteiger partial charge in [0.05, 0.1) is 36.5 Å². The van der Waals surface area contributed by atoms with Gasteiger partial charge in [-0.25, -0.2) is 4.98 Å². The molecule has 0 aliphatic carbocycles. The Morgan fingerprint density at radius 2 is 0.964 bits per heavy atom. The number of phenols is 2. The van der Waals surface area contributed by atoms with E-state index in [0.29, 0.717) is 58.4 Å². The van der Waals surface area contributed by atoms with Crippen molar-refractivity contribution < 1.29 is 48.8 Å². The van der Waals surface area contributed by atoms with E-state index in [1.54, 1.807) is 78.9 Å². The second-order valence-corrected chi connectivity index (χ2v) is 23.0. The molecule has 0 spiro atoms. The number of nitrogens with zero attached hydrogens (tertiary/aromatic N) is 1. The maximum absolute atomic E-state index is 12.6. The van der Waals surface area contributed by atoms with Crippen LogP contribution in [0.25, 0.3) is 55.5 Å². The monoisotopic (exact) mass is 1120 g/mol. The number of aromatic hydroxyl groups is 2. The first-order valence-corrected chi connectivity index (χ1v) is 27.0. The Kier molecular flexibility index (Phi) is 18.0. The van der Waals surface area contributed by atoms with Crippen LogP contribution < -0.4 is 15.4 Å². The Morgan fingerprint density at radius 3 is 1.46 bits per heavy atom. The van der Waals surface area contributed by atoms with Gasteiger partial charge in [0.25, 0.3) is 11.8 Å². The molecule has 10 aromatic rings. The van der Waals surface area contributed by atoms with Gasteiger partial charge in [-0.1, -0.05) is 74.4 Å². The number of rotatable bonds is 15. The Balaban J connectivity index is 0.000000164. The van der Waals surface area contributed by atoms with Gasteiger partial charge in [0.15, 0.2) is 23.2 Å². The number of ether oxygens (including phenoxy) is 2. The molecule has 2 amide bonds. The first-order chi connectivity index (χ1) is 39.3. The second kappa shape index (κ2) is 25.1. The van der Waals surface area contributed by atoms with Crippen LogP contribution in [-0.2, 0) is 4.74 Å². The number of ketones is 3. The Morgan fingerprint density at radius 1 is 0.494 bits per heavy atom. The number of aromatic nitrogens is 5. The number of benzene rings is 6. The van der Waals surface area contributed by atoms with Crippen LogP contribution in [0.2, 0.25) is 0 Å². The van der Waals surface area contributed by atoms with E-state index in [1.807, 2.05) is 123 Å². The third-order valence-electron chi connectivity index (χ3n) is 13.2. The molecule has 4 heterocycles. The van der Waals surface area contributed by atoms with Crippen molar-refractivity contribution in [3.05, 3.63) is 180 Å². The first-order valence-electron chi connectivity index (χ1n) is 27.0. The number of amides is 2. The minimum absolute atomic E-state index is 0.0129. The average molecular weight is 1120 g/mol. The van der Waals surface area contributed by atoms with Crippen LogP contribution in [0, 0.1) is 16.2 Å². The SMILES string of the molecule is CC(C)(C)C(=O)c1ccc2[nH]c(C(=O)Nc3ccc(O)cc3)cc2c1.CC(C)(C)C(=O)c1ccc2[nH]c(C(=O)Nc3ccc(OCCOCCO)cc3)cc2c1.CC(C)(C)C(=O)c1ccc2nc(-c3cc(-c4ccc(O)cc4)c[nH]3)[nH]c2c1. The fraction of sp³-hybridized carbons (Fsp3) is 0.242. The Bertz CT molecular complexity index is 3940. The molecule has 4 aromatic heterocycles. The molecular weight excluding hydrogens is 1050 g/mol. The Hall–Kier alpha value is -9.58. The smallest absolute Gasteiger partial charge is 0.272 e. The molecule has 0 bridgehead atoms. The molecular formula is C66H69N7O10. The number of phenolic OH excluding ortho intramolecular Hbond substituents is 2. The molecule has 17 nitrogen and oxygen atoms in total. The van der Waals surface area contributed by atoms with Gasteiger partial charge in [-0.15, -0.1) is 0 Å². The lowest BCUT2D eigenvalue weighted by Gasteiger charge is -2.16. The molecule has 6 aromatic carbocycles. The number of nitrogens with one attached hydrogen (secondary N) is 6. The van der Waals surface area contributed by atoms with E-state index < -0.39 is 16.2 Å². The minimum Gasteiger partial charge on any atom is -0.508 e. The lowest BCUT2D eigenvalue weighted by Crippen LogP contribution is -2.19. The van der Waals surface area contributed by atoms with Crippen molar-refractivity contribution in [2.45, 2.75) is 62.3 Å². The molecule has 10 rings (SSSR count). The third kappa shape index (κ3) is 15.3. The van der Waals surface area contributed by atoms with E-state index in [9.17, 15) is 34.2 Å². The van der Waals surface area contributed by atoms with Crippen molar-refractivity contribution in [1.82, 2.24) is 24.9 Å². The quantitative estimate of drug-likeness (QED) is 0.0265. The topological polar surface area (TPSA) is 265 Å².